The summed E-state index contributed by atoms with van der Waals surface area (Å²) in [4.78, 5) is 0. The Balaban J connectivity index is 0.996. The number of rotatable bonds is 15. The smallest absolute Gasteiger partial charge is 0.187 e. The van der Waals surface area contributed by atoms with E-state index in [0.29, 0.717) is 30.6 Å². The maximum absolute atomic E-state index is 11.4. The van der Waals surface area contributed by atoms with Crippen LogP contribution in [0, 0.1) is 45.3 Å². The minimum Gasteiger partial charge on any atom is -0.396 e. The second-order valence-electron chi connectivity index (χ2n) is 23.3. The minimum atomic E-state index is -1.72. The van der Waals surface area contributed by atoms with Gasteiger partial charge in [-0.2, -0.15) is 0 Å². The predicted octanol–water partition coefficient (Wildman–Crippen LogP) is 0.363. The van der Waals surface area contributed by atoms with Gasteiger partial charge in [0, 0.05) is 12.0 Å². The Morgan fingerprint density at radius 2 is 1.25 bits per heavy atom. The van der Waals surface area contributed by atoms with Crippen molar-refractivity contribution in [2.45, 2.75) is 230 Å². The highest BCUT2D eigenvalue weighted by molar-refractivity contribution is 5.30. The van der Waals surface area contributed by atoms with Crippen molar-refractivity contribution < 1.29 is 89.7 Å². The van der Waals surface area contributed by atoms with Crippen LogP contribution in [0.3, 0.4) is 0 Å². The molecule has 0 aromatic carbocycles. The molecular weight excluding hydrogens is 877 g/mol. The van der Waals surface area contributed by atoms with Crippen LogP contribution in [-0.2, 0) is 28.4 Å². The molecule has 7 aliphatic rings. The Morgan fingerprint density at radius 1 is 0.672 bits per heavy atom. The Hall–Kier alpha value is -0.980. The third-order valence-electron chi connectivity index (χ3n) is 18.8. The third-order valence-corrected chi connectivity index (χ3v) is 18.8. The molecule has 0 aromatic heterocycles. The second-order valence-corrected chi connectivity index (χ2v) is 23.3. The van der Waals surface area contributed by atoms with Gasteiger partial charge in [0.25, 0.3) is 0 Å². The zero-order chi connectivity index (χ0) is 49.3. The number of hydrogen-bond acceptors (Lipinski definition) is 18. The summed E-state index contributed by atoms with van der Waals surface area (Å²) in [5.41, 5.74) is -0.289. The Bertz CT molecular complexity index is 1690. The van der Waals surface area contributed by atoms with Crippen LogP contribution in [0.4, 0.5) is 0 Å². The molecule has 3 saturated carbocycles. The number of hydrogen-bond donors (Lipinski definition) is 12. The average Bonchev–Trinajstić information content (AvgIpc) is 3.55. The fourth-order valence-electron chi connectivity index (χ4n) is 14.3. The van der Waals surface area contributed by atoms with E-state index in [-0.39, 0.29) is 46.7 Å². The van der Waals surface area contributed by atoms with Gasteiger partial charge in [-0.15, -0.1) is 0 Å². The van der Waals surface area contributed by atoms with Crippen LogP contribution in [0.1, 0.15) is 120 Å². The van der Waals surface area contributed by atoms with Crippen LogP contribution in [0.15, 0.2) is 11.6 Å². The summed E-state index contributed by atoms with van der Waals surface area (Å²) in [6.45, 7) is 16.0. The monoisotopic (exact) mass is 961 g/mol. The van der Waals surface area contributed by atoms with Gasteiger partial charge in [-0.3, -0.25) is 0 Å². The normalized spacial score (nSPS) is 49.9. The van der Waals surface area contributed by atoms with Crippen molar-refractivity contribution in [3.8, 4) is 0 Å². The van der Waals surface area contributed by atoms with Crippen molar-refractivity contribution in [2.75, 3.05) is 19.8 Å². The van der Waals surface area contributed by atoms with Crippen molar-refractivity contribution in [3.63, 3.8) is 0 Å². The molecule has 67 heavy (non-hydrogen) atoms. The minimum absolute atomic E-state index is 0.0327. The lowest BCUT2D eigenvalue weighted by Gasteiger charge is -2.66. The lowest BCUT2D eigenvalue weighted by molar-refractivity contribution is -0.341. The molecule has 6 fully saturated rings. The molecule has 3 unspecified atom stereocenters. The molecule has 0 radical (unpaired) electrons. The van der Waals surface area contributed by atoms with E-state index in [1.807, 2.05) is 0 Å². The number of aliphatic hydroxyl groups is 12. The highest BCUT2D eigenvalue weighted by Crippen LogP contribution is 2.75. The standard InChI is InChI=1S/C49H84O18/c1-23(9-13-32(46(4,5)61)67-44-41(60)38(57)35(54)29(65-44)22-62-42-39(58)37(56)34(53)28(21-51)64-42)24-15-17-49(8)30-12-10-25-26(47(30,6)18-19-48(24,49)7)11-14-31(45(25,2)3)66-43-40(59)36(55)33(52)27(63-43)16-20-50/h10,23-24,26-44,50-61H,9,11-22H2,1-8H3/t23-,24?,26?,27-,28-,29-,30?,31+,32-,33-,34-,35-,36+,37+,38+,39-,40-,41-,42-,43+,44+,47+,48-,49+/m1/s1. The fourth-order valence-corrected chi connectivity index (χ4v) is 14.3. The molecule has 7 rings (SSSR count). The Kier molecular flexibility index (Phi) is 16.2. The molecule has 3 heterocycles. The molecule has 12 N–H and O–H groups in total. The van der Waals surface area contributed by atoms with E-state index >= 15 is 0 Å². The topological polar surface area (TPSA) is 298 Å². The quantitative estimate of drug-likeness (QED) is 0.0987. The highest BCUT2D eigenvalue weighted by Gasteiger charge is 2.67. The van der Waals surface area contributed by atoms with Gasteiger partial charge in [0.05, 0.1) is 37.1 Å². The van der Waals surface area contributed by atoms with Crippen LogP contribution in [0.5, 0.6) is 0 Å². The van der Waals surface area contributed by atoms with Crippen molar-refractivity contribution in [3.05, 3.63) is 11.6 Å². The summed E-state index contributed by atoms with van der Waals surface area (Å²) in [5.74, 6) is 1.41. The first-order valence-electron chi connectivity index (χ1n) is 24.9. The van der Waals surface area contributed by atoms with Gasteiger partial charge in [0.1, 0.15) is 67.1 Å². The molecule has 3 saturated heterocycles. The van der Waals surface area contributed by atoms with Crippen molar-refractivity contribution in [1.29, 1.82) is 0 Å². The largest absolute Gasteiger partial charge is 0.396 e. The first-order chi connectivity index (χ1) is 31.3. The SMILES string of the molecule is C[C@H](CC[C@@H](O[C@@H]1O[C@H](CO[C@@H]2O[C@H](CO)[C@@H](O)[C@H](O)[C@H]2O)[C@@H](O)[C@H](O)[C@H]1O)C(C)(C)O)C1CC[C@@]2(C)C3CC=C4C(CC[C@H](O[C@@H]5O[C@H](CCO)[C@@H](O)[C@H](O)[C@H]5O)C4(C)C)[C@]3(C)CC[C@]12C. The highest BCUT2D eigenvalue weighted by atomic mass is 16.7. The second kappa shape index (κ2) is 20.1. The number of aliphatic hydroxyl groups excluding tert-OH is 11. The molecule has 18 nitrogen and oxygen atoms in total. The average molecular weight is 961 g/mol. The maximum atomic E-state index is 11.4. The first-order valence-corrected chi connectivity index (χ1v) is 24.9. The summed E-state index contributed by atoms with van der Waals surface area (Å²) in [7, 11) is 0. The Morgan fingerprint density at radius 3 is 1.88 bits per heavy atom. The molecule has 388 valence electrons. The fraction of sp³-hybridized carbons (Fsp3) is 0.959. The van der Waals surface area contributed by atoms with E-state index in [4.69, 9.17) is 28.4 Å². The molecular formula is C49H84O18. The summed E-state index contributed by atoms with van der Waals surface area (Å²) in [6, 6.07) is 0. The molecule has 24 atom stereocenters. The van der Waals surface area contributed by atoms with Crippen LogP contribution >= 0.6 is 0 Å². The summed E-state index contributed by atoms with van der Waals surface area (Å²) >= 11 is 0. The van der Waals surface area contributed by atoms with E-state index in [1.165, 1.54) is 5.57 Å². The third kappa shape index (κ3) is 9.60. The number of allylic oxidation sites excluding steroid dienone is 1. The van der Waals surface area contributed by atoms with Crippen LogP contribution < -0.4 is 0 Å². The first kappa shape index (κ1) is 53.8. The van der Waals surface area contributed by atoms with Crippen molar-refractivity contribution in [1.82, 2.24) is 0 Å². The summed E-state index contributed by atoms with van der Waals surface area (Å²) < 4.78 is 35.7. The summed E-state index contributed by atoms with van der Waals surface area (Å²) in [6.07, 6.45) is -12.4. The molecule has 18 heteroatoms. The van der Waals surface area contributed by atoms with E-state index < -0.39 is 117 Å². The van der Waals surface area contributed by atoms with Crippen molar-refractivity contribution >= 4 is 0 Å². The van der Waals surface area contributed by atoms with Crippen LogP contribution in [0.2, 0.25) is 0 Å². The molecule has 0 spiro atoms. The zero-order valence-corrected chi connectivity index (χ0v) is 40.7. The van der Waals surface area contributed by atoms with Gasteiger partial charge < -0.3 is 89.7 Å². The summed E-state index contributed by atoms with van der Waals surface area (Å²) in [5, 5.41) is 126. The van der Waals surface area contributed by atoms with Gasteiger partial charge in [0.2, 0.25) is 0 Å². The van der Waals surface area contributed by atoms with Gasteiger partial charge in [-0.1, -0.05) is 53.2 Å². The van der Waals surface area contributed by atoms with E-state index in [1.54, 1.807) is 13.8 Å². The lowest BCUT2D eigenvalue weighted by Crippen LogP contribution is -2.62. The molecule has 3 aliphatic heterocycles. The van der Waals surface area contributed by atoms with Crippen LogP contribution in [0.25, 0.3) is 0 Å². The number of ether oxygens (including phenoxy) is 6. The van der Waals surface area contributed by atoms with E-state index in [0.717, 1.165) is 44.9 Å². The maximum Gasteiger partial charge on any atom is 0.187 e. The van der Waals surface area contributed by atoms with E-state index in [2.05, 4.69) is 47.6 Å². The van der Waals surface area contributed by atoms with Crippen LogP contribution in [-0.4, -0.2) is 191 Å². The number of fused-ring (bicyclic) bond motifs is 5. The van der Waals surface area contributed by atoms with Crippen molar-refractivity contribution in [2.24, 2.45) is 45.3 Å². The molecule has 0 amide bonds. The Labute approximate surface area is 395 Å². The van der Waals surface area contributed by atoms with E-state index in [9.17, 15) is 61.3 Å². The van der Waals surface area contributed by atoms with Gasteiger partial charge in [-0.25, -0.2) is 0 Å². The zero-order valence-electron chi connectivity index (χ0n) is 40.7. The predicted molar refractivity (Wildman–Crippen MR) is 238 cm³/mol. The van der Waals surface area contributed by atoms with Gasteiger partial charge in [0.15, 0.2) is 18.9 Å². The lowest BCUT2D eigenvalue weighted by atomic mass is 9.39. The van der Waals surface area contributed by atoms with Gasteiger partial charge in [-0.05, 0) is 118 Å². The molecule has 4 aliphatic carbocycles. The van der Waals surface area contributed by atoms with Gasteiger partial charge >= 0.3 is 0 Å². The molecule has 0 bridgehead atoms. The molecule has 0 aromatic rings.